The minimum absolute atomic E-state index is 0.0152. The monoisotopic (exact) mass is 364 g/mol. The quantitative estimate of drug-likeness (QED) is 0.714. The largest absolute Gasteiger partial charge is 0.445 e. The smallest absolute Gasteiger partial charge is 0.254 e. The Labute approximate surface area is 156 Å². The zero-order valence-electron chi connectivity index (χ0n) is 14.9. The van der Waals surface area contributed by atoms with E-state index in [4.69, 9.17) is 9.15 Å². The Hall–Kier alpha value is -2.93. The van der Waals surface area contributed by atoms with Crippen molar-refractivity contribution in [3.63, 3.8) is 0 Å². The van der Waals surface area contributed by atoms with Gasteiger partial charge in [-0.1, -0.05) is 0 Å². The minimum atomic E-state index is 0.0152. The number of rotatable bonds is 3. The van der Waals surface area contributed by atoms with E-state index in [0.29, 0.717) is 31.7 Å². The Bertz CT molecular complexity index is 940. The zero-order chi connectivity index (χ0) is 18.2. The summed E-state index contributed by atoms with van der Waals surface area (Å²) in [6.45, 7) is 2.57. The molecule has 2 aliphatic heterocycles. The lowest BCUT2D eigenvalue weighted by molar-refractivity contribution is 0.0728. The molecule has 3 aromatic rings. The molecule has 0 N–H and O–H groups in total. The Kier molecular flexibility index (Phi) is 4.01. The predicted molar refractivity (Wildman–Crippen MR) is 96.7 cm³/mol. The van der Waals surface area contributed by atoms with Gasteiger partial charge in [-0.2, -0.15) is 5.10 Å². The second-order valence-electron chi connectivity index (χ2n) is 6.96. The molecule has 0 spiro atoms. The molecule has 7 nitrogen and oxygen atoms in total. The summed E-state index contributed by atoms with van der Waals surface area (Å²) in [6, 6.07) is 9.37. The highest BCUT2D eigenvalue weighted by Crippen LogP contribution is 2.29. The third-order valence-corrected chi connectivity index (χ3v) is 5.19. The van der Waals surface area contributed by atoms with Crippen molar-refractivity contribution in [1.82, 2.24) is 19.7 Å². The van der Waals surface area contributed by atoms with E-state index >= 15 is 0 Å². The number of nitrogens with zero attached hydrogens (tertiary/aromatic N) is 4. The Balaban J connectivity index is 1.31. The Morgan fingerprint density at radius 2 is 2.11 bits per heavy atom. The number of carbonyl (C=O) groups is 1. The highest BCUT2D eigenvalue weighted by Gasteiger charge is 2.29. The van der Waals surface area contributed by atoms with Crippen molar-refractivity contribution in [3.05, 3.63) is 65.6 Å². The van der Waals surface area contributed by atoms with E-state index in [9.17, 15) is 4.79 Å². The van der Waals surface area contributed by atoms with Crippen LogP contribution in [0.25, 0.3) is 5.69 Å². The molecule has 1 unspecified atom stereocenters. The van der Waals surface area contributed by atoms with Gasteiger partial charge in [0.15, 0.2) is 5.89 Å². The number of aromatic nitrogens is 3. The average molecular weight is 364 g/mol. The third kappa shape index (κ3) is 3.04. The zero-order valence-corrected chi connectivity index (χ0v) is 14.9. The molecular weight excluding hydrogens is 344 g/mol. The summed E-state index contributed by atoms with van der Waals surface area (Å²) in [5.41, 5.74) is 2.48. The van der Waals surface area contributed by atoms with E-state index in [2.05, 4.69) is 10.1 Å². The van der Waals surface area contributed by atoms with Crippen LogP contribution in [0.3, 0.4) is 0 Å². The highest BCUT2D eigenvalue weighted by molar-refractivity contribution is 5.94. The number of hydrogen-bond donors (Lipinski definition) is 0. The molecule has 2 aliphatic rings. The third-order valence-electron chi connectivity index (χ3n) is 5.19. The van der Waals surface area contributed by atoms with Gasteiger partial charge in [0.05, 0.1) is 24.8 Å². The van der Waals surface area contributed by atoms with Crippen LogP contribution in [-0.2, 0) is 17.7 Å². The summed E-state index contributed by atoms with van der Waals surface area (Å²) in [6.07, 6.45) is 5.26. The number of benzene rings is 1. The van der Waals surface area contributed by atoms with Crippen molar-refractivity contribution in [2.75, 3.05) is 19.8 Å². The normalized spacial score (nSPS) is 19.3. The molecule has 0 radical (unpaired) electrons. The van der Waals surface area contributed by atoms with Gasteiger partial charge < -0.3 is 14.1 Å². The number of ether oxygens (including phenoxy) is 1. The molecular formula is C20H20N4O3. The molecule has 1 fully saturated rings. The second-order valence-corrected chi connectivity index (χ2v) is 6.96. The van der Waals surface area contributed by atoms with Gasteiger partial charge in [0.2, 0.25) is 0 Å². The number of carbonyl (C=O) groups excluding carboxylic acids is 1. The number of hydrogen-bond acceptors (Lipinski definition) is 5. The van der Waals surface area contributed by atoms with Crippen LogP contribution in [-0.4, -0.2) is 45.3 Å². The molecule has 5 rings (SSSR count). The van der Waals surface area contributed by atoms with Crippen LogP contribution in [0.1, 0.15) is 40.0 Å². The maximum Gasteiger partial charge on any atom is 0.254 e. The van der Waals surface area contributed by atoms with Crippen LogP contribution in [0.5, 0.6) is 0 Å². The number of fused-ring (bicyclic) bond motifs is 1. The topological polar surface area (TPSA) is 73.4 Å². The van der Waals surface area contributed by atoms with Crippen LogP contribution >= 0.6 is 0 Å². The van der Waals surface area contributed by atoms with Gasteiger partial charge in [-0.15, -0.1) is 0 Å². The van der Waals surface area contributed by atoms with E-state index < -0.39 is 0 Å². The molecule has 138 valence electrons. The van der Waals surface area contributed by atoms with Crippen LogP contribution < -0.4 is 0 Å². The molecule has 1 aromatic carbocycles. The van der Waals surface area contributed by atoms with Crippen LogP contribution in [0.2, 0.25) is 0 Å². The fourth-order valence-corrected chi connectivity index (χ4v) is 3.66. The molecule has 1 saturated heterocycles. The molecule has 1 atom stereocenters. The minimum Gasteiger partial charge on any atom is -0.445 e. The van der Waals surface area contributed by atoms with Gasteiger partial charge in [0.1, 0.15) is 11.5 Å². The van der Waals surface area contributed by atoms with Crippen LogP contribution in [0.15, 0.2) is 47.1 Å². The molecule has 0 bridgehead atoms. The lowest BCUT2D eigenvalue weighted by Gasteiger charge is -2.25. The molecule has 2 aromatic heterocycles. The Morgan fingerprint density at radius 1 is 1.22 bits per heavy atom. The van der Waals surface area contributed by atoms with E-state index in [1.54, 1.807) is 10.9 Å². The van der Waals surface area contributed by atoms with Gasteiger partial charge in [-0.25, -0.2) is 9.67 Å². The van der Waals surface area contributed by atoms with E-state index in [0.717, 1.165) is 36.1 Å². The van der Waals surface area contributed by atoms with Gasteiger partial charge in [0.25, 0.3) is 5.91 Å². The van der Waals surface area contributed by atoms with Gasteiger partial charge in [-0.05, 0) is 36.8 Å². The second kappa shape index (κ2) is 6.66. The molecule has 0 aliphatic carbocycles. The average Bonchev–Trinajstić information content (AvgIpc) is 3.48. The first kappa shape index (κ1) is 16.3. The van der Waals surface area contributed by atoms with Crippen molar-refractivity contribution in [2.45, 2.75) is 25.3 Å². The summed E-state index contributed by atoms with van der Waals surface area (Å²) in [7, 11) is 0. The first-order chi connectivity index (χ1) is 13.3. The van der Waals surface area contributed by atoms with Gasteiger partial charge in [0, 0.05) is 37.5 Å². The first-order valence-electron chi connectivity index (χ1n) is 9.23. The number of amides is 1. The lowest BCUT2D eigenvalue weighted by Crippen LogP contribution is -2.35. The molecule has 1 amide bonds. The predicted octanol–water partition coefficient (Wildman–Crippen LogP) is 2.56. The van der Waals surface area contributed by atoms with E-state index in [-0.39, 0.29) is 11.8 Å². The van der Waals surface area contributed by atoms with Gasteiger partial charge in [-0.3, -0.25) is 4.79 Å². The van der Waals surface area contributed by atoms with Crippen molar-refractivity contribution < 1.29 is 13.9 Å². The molecule has 0 saturated carbocycles. The first-order valence-corrected chi connectivity index (χ1v) is 9.23. The SMILES string of the molecule is O=C(c1ccc(-n2cccn2)cc1)N1CCc2oc(C3CCOC3)nc2C1. The molecule has 27 heavy (non-hydrogen) atoms. The summed E-state index contributed by atoms with van der Waals surface area (Å²) >= 11 is 0. The number of oxazole rings is 1. The summed E-state index contributed by atoms with van der Waals surface area (Å²) in [5.74, 6) is 1.93. The van der Waals surface area contributed by atoms with Crippen LogP contribution in [0, 0.1) is 0 Å². The molecule has 7 heteroatoms. The van der Waals surface area contributed by atoms with Crippen molar-refractivity contribution in [3.8, 4) is 5.69 Å². The molecule has 4 heterocycles. The highest BCUT2D eigenvalue weighted by atomic mass is 16.5. The summed E-state index contributed by atoms with van der Waals surface area (Å²) in [5, 5.41) is 4.20. The van der Waals surface area contributed by atoms with Crippen molar-refractivity contribution >= 4 is 5.91 Å². The summed E-state index contributed by atoms with van der Waals surface area (Å²) < 4.78 is 13.1. The van der Waals surface area contributed by atoms with Crippen molar-refractivity contribution in [2.24, 2.45) is 0 Å². The lowest BCUT2D eigenvalue weighted by atomic mass is 10.1. The Morgan fingerprint density at radius 3 is 2.85 bits per heavy atom. The van der Waals surface area contributed by atoms with Crippen molar-refractivity contribution in [1.29, 1.82) is 0 Å². The van der Waals surface area contributed by atoms with E-state index in [1.807, 2.05) is 41.4 Å². The maximum absolute atomic E-state index is 12.9. The maximum atomic E-state index is 12.9. The van der Waals surface area contributed by atoms with E-state index in [1.165, 1.54) is 0 Å². The standard InChI is InChI=1S/C20H20N4O3/c25-20(14-2-4-16(5-3-14)24-9-1-8-21-24)23-10-6-18-17(12-23)22-19(27-18)15-7-11-26-13-15/h1-5,8-9,15H,6-7,10-13H2. The fraction of sp³-hybridized carbons (Fsp3) is 0.350. The fourth-order valence-electron chi connectivity index (χ4n) is 3.66. The van der Waals surface area contributed by atoms with Gasteiger partial charge >= 0.3 is 0 Å². The summed E-state index contributed by atoms with van der Waals surface area (Å²) in [4.78, 5) is 19.4. The van der Waals surface area contributed by atoms with Crippen LogP contribution in [0.4, 0.5) is 0 Å².